The van der Waals surface area contributed by atoms with Crippen LogP contribution < -0.4 is 0 Å². The van der Waals surface area contributed by atoms with Gasteiger partial charge in [-0.3, -0.25) is 4.79 Å². The fraction of sp³-hybridized carbons (Fsp3) is 0.476. The highest BCUT2D eigenvalue weighted by Crippen LogP contribution is 2.43. The van der Waals surface area contributed by atoms with Crippen molar-refractivity contribution in [1.82, 2.24) is 0 Å². The molecule has 3 atom stereocenters. The van der Waals surface area contributed by atoms with Crippen molar-refractivity contribution in [3.63, 3.8) is 0 Å². The van der Waals surface area contributed by atoms with E-state index in [4.69, 9.17) is 18.9 Å². The lowest BCUT2D eigenvalue weighted by molar-refractivity contribution is -0.144. The number of rotatable bonds is 4. The molecule has 3 rings (SSSR count). The molecule has 0 fully saturated rings. The standard InChI is InChI=1S/C21H24O7/c1-11(2)19(23)26-16-8-12(3)15-6-7-21(5,28-15)9-17-18(16)14(20(24)27-17)10-25-13(4)22/h6,9,12,16H,1,7-8,10H2,2-5H3. The average Bonchev–Trinajstić information content (AvgIpc) is 3.12. The number of hydrogen-bond acceptors (Lipinski definition) is 7. The van der Waals surface area contributed by atoms with Gasteiger partial charge in [0.25, 0.3) is 0 Å². The van der Waals surface area contributed by atoms with Gasteiger partial charge in [-0.05, 0) is 26.3 Å². The third-order valence-corrected chi connectivity index (χ3v) is 4.93. The molecular weight excluding hydrogens is 364 g/mol. The Morgan fingerprint density at radius 1 is 1.36 bits per heavy atom. The molecule has 3 unspecified atom stereocenters. The summed E-state index contributed by atoms with van der Waals surface area (Å²) in [4.78, 5) is 36.0. The van der Waals surface area contributed by atoms with Gasteiger partial charge in [-0.2, -0.15) is 0 Å². The second-order valence-electron chi connectivity index (χ2n) is 7.61. The Balaban J connectivity index is 2.09. The molecule has 0 radical (unpaired) electrons. The molecule has 0 spiro atoms. The van der Waals surface area contributed by atoms with Crippen molar-refractivity contribution in [1.29, 1.82) is 0 Å². The van der Waals surface area contributed by atoms with Gasteiger partial charge in [0.05, 0.1) is 11.3 Å². The molecule has 3 aliphatic rings. The van der Waals surface area contributed by atoms with Gasteiger partial charge in [0.1, 0.15) is 24.1 Å². The molecule has 7 heteroatoms. The van der Waals surface area contributed by atoms with Gasteiger partial charge in [0.2, 0.25) is 0 Å². The molecule has 150 valence electrons. The summed E-state index contributed by atoms with van der Waals surface area (Å²) in [5.41, 5.74) is 0.165. The molecule has 0 aromatic heterocycles. The van der Waals surface area contributed by atoms with Crippen LogP contribution in [0.5, 0.6) is 0 Å². The van der Waals surface area contributed by atoms with Crippen LogP contribution in [0.2, 0.25) is 0 Å². The zero-order valence-corrected chi connectivity index (χ0v) is 16.5. The van der Waals surface area contributed by atoms with Crippen molar-refractivity contribution in [2.75, 3.05) is 6.61 Å². The van der Waals surface area contributed by atoms with Crippen LogP contribution in [0.3, 0.4) is 0 Å². The lowest BCUT2D eigenvalue weighted by Crippen LogP contribution is -2.25. The first-order chi connectivity index (χ1) is 13.1. The quantitative estimate of drug-likeness (QED) is 0.416. The smallest absolute Gasteiger partial charge is 0.343 e. The normalized spacial score (nSPS) is 28.6. The number of fused-ring (bicyclic) bond motifs is 3. The third kappa shape index (κ3) is 3.88. The van der Waals surface area contributed by atoms with Crippen LogP contribution in [0.15, 0.2) is 47.0 Å². The first kappa shape index (κ1) is 19.9. The fourth-order valence-electron chi connectivity index (χ4n) is 3.46. The molecule has 28 heavy (non-hydrogen) atoms. The van der Waals surface area contributed by atoms with Gasteiger partial charge in [0.15, 0.2) is 0 Å². The fourth-order valence-corrected chi connectivity index (χ4v) is 3.46. The SMILES string of the molecule is C=C(C)C(=O)OC1CC(C)C2=CCC(C)(C=C3OC(=O)C(COC(C)=O)=C31)O2. The van der Waals surface area contributed by atoms with Crippen LogP contribution in [-0.4, -0.2) is 36.2 Å². The Morgan fingerprint density at radius 2 is 2.07 bits per heavy atom. The van der Waals surface area contributed by atoms with E-state index >= 15 is 0 Å². The van der Waals surface area contributed by atoms with Gasteiger partial charge in [-0.15, -0.1) is 0 Å². The van der Waals surface area contributed by atoms with Gasteiger partial charge in [0, 0.05) is 36.5 Å². The monoisotopic (exact) mass is 388 g/mol. The topological polar surface area (TPSA) is 88.1 Å². The zero-order valence-electron chi connectivity index (χ0n) is 16.5. The predicted molar refractivity (Wildman–Crippen MR) is 98.5 cm³/mol. The van der Waals surface area contributed by atoms with Crippen molar-refractivity contribution in [2.24, 2.45) is 5.92 Å². The third-order valence-electron chi connectivity index (χ3n) is 4.93. The van der Waals surface area contributed by atoms with Crippen molar-refractivity contribution in [3.05, 3.63) is 47.0 Å². The molecule has 7 nitrogen and oxygen atoms in total. The first-order valence-electron chi connectivity index (χ1n) is 9.17. The lowest BCUT2D eigenvalue weighted by Gasteiger charge is -2.24. The maximum atomic E-state index is 12.5. The minimum absolute atomic E-state index is 0.0596. The minimum atomic E-state index is -0.769. The molecule has 2 bridgehead atoms. The summed E-state index contributed by atoms with van der Waals surface area (Å²) in [6.45, 7) is 10.0. The second-order valence-corrected chi connectivity index (χ2v) is 7.61. The summed E-state index contributed by atoms with van der Waals surface area (Å²) < 4.78 is 22.3. The molecule has 3 aliphatic heterocycles. The van der Waals surface area contributed by atoms with Crippen molar-refractivity contribution in [2.45, 2.75) is 52.2 Å². The maximum Gasteiger partial charge on any atom is 0.343 e. The maximum absolute atomic E-state index is 12.5. The van der Waals surface area contributed by atoms with Crippen molar-refractivity contribution >= 4 is 17.9 Å². The van der Waals surface area contributed by atoms with Gasteiger partial charge in [-0.25, -0.2) is 9.59 Å². The number of allylic oxidation sites excluding steroid dienone is 1. The first-order valence-corrected chi connectivity index (χ1v) is 9.17. The molecule has 0 amide bonds. The summed E-state index contributed by atoms with van der Waals surface area (Å²) in [6.07, 6.45) is 3.98. The number of ether oxygens (including phenoxy) is 4. The Morgan fingerprint density at radius 3 is 2.71 bits per heavy atom. The van der Waals surface area contributed by atoms with E-state index in [2.05, 4.69) is 6.58 Å². The van der Waals surface area contributed by atoms with Crippen LogP contribution in [0.25, 0.3) is 0 Å². The molecule has 0 saturated heterocycles. The Kier molecular flexibility index (Phi) is 5.19. The van der Waals surface area contributed by atoms with Gasteiger partial charge in [-0.1, -0.05) is 13.5 Å². The minimum Gasteiger partial charge on any atom is -0.487 e. The highest BCUT2D eigenvalue weighted by atomic mass is 16.6. The van der Waals surface area contributed by atoms with Crippen LogP contribution in [0, 0.1) is 5.92 Å². The van der Waals surface area contributed by atoms with E-state index in [0.717, 1.165) is 5.76 Å². The van der Waals surface area contributed by atoms with Crippen molar-refractivity contribution in [3.8, 4) is 0 Å². The van der Waals surface area contributed by atoms with E-state index in [9.17, 15) is 14.4 Å². The van der Waals surface area contributed by atoms with E-state index in [1.165, 1.54) is 6.92 Å². The van der Waals surface area contributed by atoms with Gasteiger partial charge >= 0.3 is 17.9 Å². The molecular formula is C21H24O7. The van der Waals surface area contributed by atoms with Crippen molar-refractivity contribution < 1.29 is 33.3 Å². The number of esters is 3. The Hall–Kier alpha value is -2.83. The Labute approximate surface area is 163 Å². The van der Waals surface area contributed by atoms with Crippen LogP contribution in [0.4, 0.5) is 0 Å². The van der Waals surface area contributed by atoms with Crippen LogP contribution in [-0.2, 0) is 33.3 Å². The molecule has 0 N–H and O–H groups in total. The summed E-state index contributed by atoms with van der Waals surface area (Å²) >= 11 is 0. The van der Waals surface area contributed by atoms with E-state index < -0.39 is 29.6 Å². The van der Waals surface area contributed by atoms with E-state index in [0.29, 0.717) is 18.4 Å². The zero-order chi connectivity index (χ0) is 20.6. The summed E-state index contributed by atoms with van der Waals surface area (Å²) in [5, 5.41) is 0. The Bertz CT molecular complexity index is 845. The molecule has 0 aliphatic carbocycles. The summed E-state index contributed by atoms with van der Waals surface area (Å²) in [5.74, 6) is -0.690. The lowest BCUT2D eigenvalue weighted by atomic mass is 9.90. The molecule has 0 saturated carbocycles. The number of carbonyl (C=O) groups is 3. The van der Waals surface area contributed by atoms with E-state index in [1.54, 1.807) is 13.0 Å². The molecule has 0 aromatic carbocycles. The molecule has 3 heterocycles. The predicted octanol–water partition coefficient (Wildman–Crippen LogP) is 2.88. The number of carbonyl (C=O) groups excluding carboxylic acids is 3. The highest BCUT2D eigenvalue weighted by molar-refractivity contribution is 5.96. The highest BCUT2D eigenvalue weighted by Gasteiger charge is 2.43. The largest absolute Gasteiger partial charge is 0.487 e. The van der Waals surface area contributed by atoms with Gasteiger partial charge < -0.3 is 18.9 Å². The molecule has 0 aromatic rings. The van der Waals surface area contributed by atoms with Crippen LogP contribution >= 0.6 is 0 Å². The van der Waals surface area contributed by atoms with E-state index in [-0.39, 0.29) is 29.4 Å². The summed E-state index contributed by atoms with van der Waals surface area (Å²) in [6, 6.07) is 0. The van der Waals surface area contributed by atoms with Crippen LogP contribution in [0.1, 0.15) is 40.5 Å². The summed E-state index contributed by atoms with van der Waals surface area (Å²) in [7, 11) is 0. The average molecular weight is 388 g/mol. The van der Waals surface area contributed by atoms with E-state index in [1.807, 2.05) is 19.9 Å². The number of hydrogen-bond donors (Lipinski definition) is 0. The second kappa shape index (κ2) is 7.30.